The van der Waals surface area contributed by atoms with Crippen molar-refractivity contribution in [2.24, 2.45) is 0 Å². The van der Waals surface area contributed by atoms with Crippen LogP contribution in [0.25, 0.3) is 6.08 Å². The Kier molecular flexibility index (Phi) is 4.70. The molecule has 1 aromatic heterocycles. The Balaban J connectivity index is 1.57. The highest BCUT2D eigenvalue weighted by Gasteiger charge is 2.23. The molecule has 122 valence electrons. The second-order valence-electron chi connectivity index (χ2n) is 5.86. The Labute approximate surface area is 140 Å². The number of rotatable bonds is 5. The van der Waals surface area contributed by atoms with Crippen LogP contribution < -0.4 is 10.6 Å². The Hall–Kier alpha value is -2.95. The molecular weight excluding hydrogens is 302 g/mol. The van der Waals surface area contributed by atoms with Crippen LogP contribution in [0.4, 0.5) is 5.82 Å². The minimum atomic E-state index is -0.247. The van der Waals surface area contributed by atoms with Crippen molar-refractivity contribution in [3.63, 3.8) is 0 Å². The number of pyridine rings is 1. The number of carbonyl (C=O) groups excluding carboxylic acids is 2. The highest BCUT2D eigenvalue weighted by Crippen LogP contribution is 2.19. The smallest absolute Gasteiger partial charge is 0.251 e. The van der Waals surface area contributed by atoms with Crippen molar-refractivity contribution in [2.45, 2.75) is 25.8 Å². The molecular formula is C19H19N3O2. The van der Waals surface area contributed by atoms with E-state index in [9.17, 15) is 9.59 Å². The third kappa shape index (κ3) is 4.52. The summed E-state index contributed by atoms with van der Waals surface area (Å²) in [4.78, 5) is 28.0. The van der Waals surface area contributed by atoms with Crippen LogP contribution in [0.1, 0.15) is 34.5 Å². The summed E-state index contributed by atoms with van der Waals surface area (Å²) in [5.74, 6) is 0.233. The lowest BCUT2D eigenvalue weighted by Gasteiger charge is -2.03. The van der Waals surface area contributed by atoms with Crippen LogP contribution in [0.15, 0.2) is 48.5 Å². The minimum Gasteiger partial charge on any atom is -0.349 e. The van der Waals surface area contributed by atoms with Crippen LogP contribution in [-0.4, -0.2) is 22.8 Å². The van der Waals surface area contributed by atoms with Gasteiger partial charge in [0.25, 0.3) is 5.91 Å². The molecule has 0 bridgehead atoms. The second kappa shape index (κ2) is 7.08. The molecule has 0 spiro atoms. The van der Waals surface area contributed by atoms with Gasteiger partial charge in [-0.3, -0.25) is 9.59 Å². The van der Waals surface area contributed by atoms with Crippen molar-refractivity contribution < 1.29 is 9.59 Å². The number of anilines is 1. The minimum absolute atomic E-state index is 0.0451. The number of nitrogens with one attached hydrogen (secondary N) is 2. The molecule has 24 heavy (non-hydrogen) atoms. The van der Waals surface area contributed by atoms with Gasteiger partial charge in [-0.05, 0) is 55.7 Å². The Morgan fingerprint density at radius 3 is 2.54 bits per heavy atom. The lowest BCUT2D eigenvalue weighted by atomic mass is 10.1. The number of aromatic nitrogens is 1. The Morgan fingerprint density at radius 1 is 1.12 bits per heavy atom. The molecule has 0 unspecified atom stereocenters. The standard InChI is InChI=1S/C19H19N3O2/c1-13-3-2-4-17(20-13)22-18(23)12-7-14-5-8-15(9-6-14)19(24)21-16-10-11-16/h2-9,12,16H,10-11H2,1H3,(H,21,24)(H,20,22,23)/b12-7+. The third-order valence-corrected chi connectivity index (χ3v) is 3.65. The lowest BCUT2D eigenvalue weighted by molar-refractivity contribution is -0.111. The first-order valence-electron chi connectivity index (χ1n) is 7.94. The first-order valence-corrected chi connectivity index (χ1v) is 7.94. The topological polar surface area (TPSA) is 71.1 Å². The summed E-state index contributed by atoms with van der Waals surface area (Å²) in [5, 5.41) is 5.65. The number of carbonyl (C=O) groups is 2. The summed E-state index contributed by atoms with van der Waals surface area (Å²) >= 11 is 0. The van der Waals surface area contributed by atoms with Crippen LogP contribution >= 0.6 is 0 Å². The molecule has 1 saturated carbocycles. The molecule has 0 atom stereocenters. The van der Waals surface area contributed by atoms with Gasteiger partial charge in [0.15, 0.2) is 0 Å². The van der Waals surface area contributed by atoms with Crippen LogP contribution in [0, 0.1) is 6.92 Å². The number of hydrogen-bond acceptors (Lipinski definition) is 3. The van der Waals surface area contributed by atoms with Gasteiger partial charge in [-0.15, -0.1) is 0 Å². The molecule has 1 heterocycles. The molecule has 0 radical (unpaired) electrons. The molecule has 5 heteroatoms. The van der Waals surface area contributed by atoms with Crippen molar-refractivity contribution >= 4 is 23.7 Å². The fourth-order valence-corrected chi connectivity index (χ4v) is 2.19. The molecule has 1 aliphatic carbocycles. The van der Waals surface area contributed by atoms with Crippen LogP contribution in [0.3, 0.4) is 0 Å². The van der Waals surface area contributed by atoms with E-state index in [0.29, 0.717) is 17.4 Å². The van der Waals surface area contributed by atoms with Crippen molar-refractivity contribution in [1.82, 2.24) is 10.3 Å². The lowest BCUT2D eigenvalue weighted by Crippen LogP contribution is -2.25. The molecule has 2 aromatic rings. The van der Waals surface area contributed by atoms with E-state index in [1.165, 1.54) is 6.08 Å². The van der Waals surface area contributed by atoms with Crippen molar-refractivity contribution in [1.29, 1.82) is 0 Å². The van der Waals surface area contributed by atoms with Crippen molar-refractivity contribution in [3.05, 3.63) is 65.4 Å². The predicted molar refractivity (Wildman–Crippen MR) is 93.6 cm³/mol. The Bertz CT molecular complexity index is 777. The number of nitrogens with zero attached hydrogens (tertiary/aromatic N) is 1. The molecule has 1 aliphatic rings. The second-order valence-corrected chi connectivity index (χ2v) is 5.86. The van der Waals surface area contributed by atoms with E-state index in [1.807, 2.05) is 31.2 Å². The molecule has 2 N–H and O–H groups in total. The summed E-state index contributed by atoms with van der Waals surface area (Å²) in [6.45, 7) is 1.87. The van der Waals surface area contributed by atoms with E-state index < -0.39 is 0 Å². The number of aryl methyl sites for hydroxylation is 1. The molecule has 0 aliphatic heterocycles. The summed E-state index contributed by atoms with van der Waals surface area (Å²) in [6, 6.07) is 12.9. The van der Waals surface area contributed by atoms with E-state index in [1.54, 1.807) is 24.3 Å². The van der Waals surface area contributed by atoms with Gasteiger partial charge in [0, 0.05) is 23.4 Å². The molecule has 2 amide bonds. The maximum atomic E-state index is 11.9. The van der Waals surface area contributed by atoms with Gasteiger partial charge in [-0.25, -0.2) is 4.98 Å². The zero-order chi connectivity index (χ0) is 16.9. The van der Waals surface area contributed by atoms with Crippen LogP contribution in [-0.2, 0) is 4.79 Å². The third-order valence-electron chi connectivity index (χ3n) is 3.65. The molecule has 0 saturated heterocycles. The zero-order valence-corrected chi connectivity index (χ0v) is 13.5. The van der Waals surface area contributed by atoms with E-state index in [-0.39, 0.29) is 11.8 Å². The fraction of sp³-hybridized carbons (Fsp3) is 0.211. The maximum absolute atomic E-state index is 11.9. The van der Waals surface area contributed by atoms with Gasteiger partial charge in [0.2, 0.25) is 5.91 Å². The van der Waals surface area contributed by atoms with Crippen LogP contribution in [0.2, 0.25) is 0 Å². The van der Waals surface area contributed by atoms with Gasteiger partial charge in [-0.1, -0.05) is 18.2 Å². The van der Waals surface area contributed by atoms with Crippen molar-refractivity contribution in [3.8, 4) is 0 Å². The van der Waals surface area contributed by atoms with Gasteiger partial charge in [0.1, 0.15) is 5.82 Å². The van der Waals surface area contributed by atoms with Gasteiger partial charge < -0.3 is 10.6 Å². The Morgan fingerprint density at radius 2 is 1.88 bits per heavy atom. The molecule has 5 nitrogen and oxygen atoms in total. The predicted octanol–water partition coefficient (Wildman–Crippen LogP) is 2.93. The highest BCUT2D eigenvalue weighted by atomic mass is 16.2. The molecule has 1 aromatic carbocycles. The number of hydrogen-bond donors (Lipinski definition) is 2. The zero-order valence-electron chi connectivity index (χ0n) is 13.5. The fourth-order valence-electron chi connectivity index (χ4n) is 2.19. The average molecular weight is 321 g/mol. The highest BCUT2D eigenvalue weighted by molar-refractivity contribution is 6.01. The summed E-state index contributed by atoms with van der Waals surface area (Å²) in [7, 11) is 0. The van der Waals surface area contributed by atoms with E-state index in [2.05, 4.69) is 15.6 Å². The largest absolute Gasteiger partial charge is 0.349 e. The first kappa shape index (κ1) is 15.9. The van der Waals surface area contributed by atoms with Gasteiger partial charge >= 0.3 is 0 Å². The van der Waals surface area contributed by atoms with E-state index >= 15 is 0 Å². The van der Waals surface area contributed by atoms with Crippen molar-refractivity contribution in [2.75, 3.05) is 5.32 Å². The molecule has 1 fully saturated rings. The summed E-state index contributed by atoms with van der Waals surface area (Å²) in [5.41, 5.74) is 2.33. The van der Waals surface area contributed by atoms with Gasteiger partial charge in [-0.2, -0.15) is 0 Å². The first-order chi connectivity index (χ1) is 11.6. The summed E-state index contributed by atoms with van der Waals surface area (Å²) in [6.07, 6.45) is 5.28. The van der Waals surface area contributed by atoms with Gasteiger partial charge in [0.05, 0.1) is 0 Å². The average Bonchev–Trinajstić information content (AvgIpc) is 3.37. The monoisotopic (exact) mass is 321 g/mol. The SMILES string of the molecule is Cc1cccc(NC(=O)/C=C/c2ccc(C(=O)NC3CC3)cc2)n1. The maximum Gasteiger partial charge on any atom is 0.251 e. The van der Waals surface area contributed by atoms with E-state index in [4.69, 9.17) is 0 Å². The number of benzene rings is 1. The molecule has 3 rings (SSSR count). The van der Waals surface area contributed by atoms with Crippen LogP contribution in [0.5, 0.6) is 0 Å². The van der Waals surface area contributed by atoms with E-state index in [0.717, 1.165) is 24.1 Å². The summed E-state index contributed by atoms with van der Waals surface area (Å²) < 4.78 is 0. The quantitative estimate of drug-likeness (QED) is 0.832. The number of amides is 2. The normalized spacial score (nSPS) is 13.7.